The molecule has 2 fully saturated rings. The summed E-state index contributed by atoms with van der Waals surface area (Å²) < 4.78 is 7.66. The van der Waals surface area contributed by atoms with Gasteiger partial charge in [0.15, 0.2) is 0 Å². The fraction of sp³-hybridized carbons (Fsp3) is 0.297. The average Bonchev–Trinajstić information content (AvgIpc) is 3.84. The predicted molar refractivity (Wildman–Crippen MR) is 192 cm³/mol. The minimum absolute atomic E-state index is 0.103. The highest BCUT2D eigenvalue weighted by Gasteiger charge is 2.22. The van der Waals surface area contributed by atoms with E-state index in [1.807, 2.05) is 77.5 Å². The number of nitrogens with one attached hydrogen (secondary N) is 4. The second kappa shape index (κ2) is 14.6. The van der Waals surface area contributed by atoms with Crippen LogP contribution in [0.2, 0.25) is 10.0 Å². The topological polar surface area (TPSA) is 122 Å². The number of rotatable bonds is 12. The average molecular weight is 699 g/mol. The molecule has 3 aromatic heterocycles. The monoisotopic (exact) mass is 697 g/mol. The standard InChI is InChI=1S/C37H37Cl2N7O3/c1-49-37-22(16-40-17-24-10-14-33(47)43-24)8-12-31(45-37)30-7-3-6-29(36(30)39)28-5-2-4-27(35(28)38)23-9-13-32-42-26(21-46(32)20-23)19-41-18-25-11-15-34(48)44-25/h2-9,12-13,20-21,24-25,40-41H,10-11,14-19H2,1H3,(H,43,47)(H,44,48)/t24-,25+/m1/s1. The number of pyridine rings is 2. The Hall–Kier alpha value is -4.48. The fourth-order valence-electron chi connectivity index (χ4n) is 6.54. The zero-order valence-corrected chi connectivity index (χ0v) is 28.6. The first-order chi connectivity index (χ1) is 23.9. The van der Waals surface area contributed by atoms with Crippen molar-refractivity contribution in [3.63, 3.8) is 0 Å². The molecule has 7 rings (SSSR count). The second-order valence-electron chi connectivity index (χ2n) is 12.5. The number of methoxy groups -OCH3 is 1. The van der Waals surface area contributed by atoms with E-state index in [9.17, 15) is 9.59 Å². The maximum atomic E-state index is 11.5. The largest absolute Gasteiger partial charge is 0.481 e. The van der Waals surface area contributed by atoms with Gasteiger partial charge in [0.2, 0.25) is 17.7 Å². The Labute approximate surface area is 294 Å². The Morgan fingerprint density at radius 2 is 1.41 bits per heavy atom. The van der Waals surface area contributed by atoms with Crippen LogP contribution < -0.4 is 26.0 Å². The Morgan fingerprint density at radius 1 is 0.776 bits per heavy atom. The van der Waals surface area contributed by atoms with E-state index in [-0.39, 0.29) is 23.9 Å². The van der Waals surface area contributed by atoms with Crippen molar-refractivity contribution in [1.29, 1.82) is 0 Å². The van der Waals surface area contributed by atoms with Crippen LogP contribution in [0.4, 0.5) is 0 Å². The molecule has 2 amide bonds. The minimum Gasteiger partial charge on any atom is -0.481 e. The number of carbonyl (C=O) groups excluding carboxylic acids is 2. The lowest BCUT2D eigenvalue weighted by atomic mass is 9.97. The third-order valence-corrected chi connectivity index (χ3v) is 9.90. The molecule has 252 valence electrons. The van der Waals surface area contributed by atoms with Crippen molar-refractivity contribution in [2.45, 2.75) is 50.9 Å². The van der Waals surface area contributed by atoms with Crippen LogP contribution in [-0.4, -0.2) is 58.5 Å². The van der Waals surface area contributed by atoms with Crippen molar-refractivity contribution in [3.8, 4) is 39.4 Å². The molecule has 0 unspecified atom stereocenters. The molecular weight excluding hydrogens is 661 g/mol. The first kappa shape index (κ1) is 33.0. The van der Waals surface area contributed by atoms with Gasteiger partial charge < -0.3 is 30.4 Å². The Morgan fingerprint density at radius 3 is 2.06 bits per heavy atom. The van der Waals surface area contributed by atoms with Gasteiger partial charge in [-0.2, -0.15) is 0 Å². The van der Waals surface area contributed by atoms with Gasteiger partial charge in [-0.1, -0.05) is 65.7 Å². The first-order valence-corrected chi connectivity index (χ1v) is 17.2. The van der Waals surface area contributed by atoms with E-state index in [1.165, 1.54) is 0 Å². The molecular formula is C37H37Cl2N7O3. The molecule has 5 aromatic rings. The van der Waals surface area contributed by atoms with E-state index < -0.39 is 0 Å². The Bertz CT molecular complexity index is 2030. The van der Waals surface area contributed by atoms with Crippen LogP contribution >= 0.6 is 23.2 Å². The van der Waals surface area contributed by atoms with E-state index in [0.717, 1.165) is 57.6 Å². The molecule has 0 aliphatic carbocycles. The maximum absolute atomic E-state index is 11.5. The van der Waals surface area contributed by atoms with E-state index in [4.69, 9.17) is 37.9 Å². The molecule has 2 atom stereocenters. The van der Waals surface area contributed by atoms with Gasteiger partial charge in [0.1, 0.15) is 5.65 Å². The lowest BCUT2D eigenvalue weighted by molar-refractivity contribution is -0.120. The smallest absolute Gasteiger partial charge is 0.220 e. The lowest BCUT2D eigenvalue weighted by Gasteiger charge is -2.16. The summed E-state index contributed by atoms with van der Waals surface area (Å²) in [6.07, 6.45) is 6.90. The molecule has 12 heteroatoms. The van der Waals surface area contributed by atoms with Crippen molar-refractivity contribution in [2.75, 3.05) is 20.2 Å². The normalized spacial score (nSPS) is 17.4. The number of halogens is 2. The van der Waals surface area contributed by atoms with Crippen molar-refractivity contribution in [1.82, 2.24) is 35.6 Å². The van der Waals surface area contributed by atoms with Crippen LogP contribution in [0.3, 0.4) is 0 Å². The minimum atomic E-state index is 0.103. The van der Waals surface area contributed by atoms with Crippen LogP contribution in [0.15, 0.2) is 73.1 Å². The summed E-state index contributed by atoms with van der Waals surface area (Å²) in [5, 5.41) is 13.9. The number of hydrogen-bond donors (Lipinski definition) is 4. The number of fused-ring (bicyclic) bond motifs is 1. The summed E-state index contributed by atoms with van der Waals surface area (Å²) >= 11 is 14.2. The molecule has 2 aliphatic heterocycles. The molecule has 49 heavy (non-hydrogen) atoms. The molecule has 2 saturated heterocycles. The number of amides is 2. The number of aromatic nitrogens is 3. The highest BCUT2D eigenvalue weighted by molar-refractivity contribution is 6.39. The first-order valence-electron chi connectivity index (χ1n) is 16.5. The third kappa shape index (κ3) is 7.28. The van der Waals surface area contributed by atoms with Crippen molar-refractivity contribution in [3.05, 3.63) is 94.4 Å². The molecule has 4 N–H and O–H groups in total. The van der Waals surface area contributed by atoms with Gasteiger partial charge in [-0.15, -0.1) is 0 Å². The lowest BCUT2D eigenvalue weighted by Crippen LogP contribution is -2.35. The summed E-state index contributed by atoms with van der Waals surface area (Å²) in [5.41, 5.74) is 7.55. The van der Waals surface area contributed by atoms with Crippen molar-refractivity contribution in [2.24, 2.45) is 0 Å². The maximum Gasteiger partial charge on any atom is 0.220 e. The number of hydrogen-bond acceptors (Lipinski definition) is 7. The molecule has 0 saturated carbocycles. The molecule has 0 radical (unpaired) electrons. The summed E-state index contributed by atoms with van der Waals surface area (Å²) in [6, 6.07) is 20.1. The van der Waals surface area contributed by atoms with Crippen LogP contribution in [0.25, 0.3) is 39.2 Å². The fourth-order valence-corrected chi connectivity index (χ4v) is 7.20. The van der Waals surface area contributed by atoms with E-state index in [1.54, 1.807) is 7.11 Å². The van der Waals surface area contributed by atoms with Gasteiger partial charge in [-0.3, -0.25) is 9.59 Å². The highest BCUT2D eigenvalue weighted by Crippen LogP contribution is 2.42. The van der Waals surface area contributed by atoms with E-state index >= 15 is 0 Å². The zero-order valence-electron chi connectivity index (χ0n) is 27.1. The zero-order chi connectivity index (χ0) is 33.9. The number of imidazole rings is 1. The van der Waals surface area contributed by atoms with Gasteiger partial charge in [0, 0.05) is 91.3 Å². The van der Waals surface area contributed by atoms with Gasteiger partial charge in [0.05, 0.1) is 28.5 Å². The predicted octanol–water partition coefficient (Wildman–Crippen LogP) is 5.78. The molecule has 0 spiro atoms. The molecule has 10 nitrogen and oxygen atoms in total. The van der Waals surface area contributed by atoms with Crippen LogP contribution in [0.5, 0.6) is 5.88 Å². The van der Waals surface area contributed by atoms with Crippen LogP contribution in [-0.2, 0) is 22.7 Å². The van der Waals surface area contributed by atoms with E-state index in [2.05, 4.69) is 21.3 Å². The SMILES string of the molecule is COc1nc(-c2cccc(-c3cccc(-c4ccc5nc(CNC[C@@H]6CCC(=O)N6)cn5c4)c3Cl)c2Cl)ccc1CNC[C@H]1CCC(=O)N1. The summed E-state index contributed by atoms with van der Waals surface area (Å²) in [7, 11) is 1.61. The number of benzene rings is 2. The quantitative estimate of drug-likeness (QED) is 0.130. The second-order valence-corrected chi connectivity index (χ2v) is 13.2. The van der Waals surface area contributed by atoms with Crippen molar-refractivity contribution < 1.29 is 14.3 Å². The van der Waals surface area contributed by atoms with Gasteiger partial charge in [0.25, 0.3) is 0 Å². The summed E-state index contributed by atoms with van der Waals surface area (Å²) in [6.45, 7) is 2.56. The van der Waals surface area contributed by atoms with E-state index in [0.29, 0.717) is 60.6 Å². The number of carbonyl (C=O) groups is 2. The molecule has 5 heterocycles. The number of ether oxygens (including phenoxy) is 1. The van der Waals surface area contributed by atoms with Gasteiger partial charge in [-0.05, 0) is 36.6 Å². The summed E-state index contributed by atoms with van der Waals surface area (Å²) in [5.74, 6) is 0.731. The van der Waals surface area contributed by atoms with Crippen LogP contribution in [0, 0.1) is 0 Å². The highest BCUT2D eigenvalue weighted by atomic mass is 35.5. The summed E-state index contributed by atoms with van der Waals surface area (Å²) in [4.78, 5) is 32.5. The number of nitrogens with zero attached hydrogens (tertiary/aromatic N) is 3. The van der Waals surface area contributed by atoms with Gasteiger partial charge in [-0.25, -0.2) is 9.97 Å². The third-order valence-electron chi connectivity index (χ3n) is 9.08. The molecule has 2 aromatic carbocycles. The molecule has 0 bridgehead atoms. The van der Waals surface area contributed by atoms with Gasteiger partial charge >= 0.3 is 0 Å². The van der Waals surface area contributed by atoms with Crippen molar-refractivity contribution >= 4 is 40.7 Å². The van der Waals surface area contributed by atoms with Crippen LogP contribution in [0.1, 0.15) is 36.9 Å². The Kier molecular flexibility index (Phi) is 9.81. The Balaban J connectivity index is 1.09. The molecule has 2 aliphatic rings.